The lowest BCUT2D eigenvalue weighted by Gasteiger charge is -2.27. The molecule has 0 aliphatic rings. The summed E-state index contributed by atoms with van der Waals surface area (Å²) in [6.07, 6.45) is 0. The Kier molecular flexibility index (Phi) is 7.65. The van der Waals surface area contributed by atoms with Crippen LogP contribution in [-0.2, 0) is 16.1 Å². The minimum Gasteiger partial charge on any atom is -0.493 e. The van der Waals surface area contributed by atoms with Gasteiger partial charge in [-0.25, -0.2) is 0 Å². The van der Waals surface area contributed by atoms with Crippen molar-refractivity contribution in [2.45, 2.75) is 40.2 Å². The van der Waals surface area contributed by atoms with Crippen molar-refractivity contribution in [1.82, 2.24) is 5.32 Å². The van der Waals surface area contributed by atoms with Crippen LogP contribution in [0.3, 0.4) is 0 Å². The Balaban J connectivity index is 2.15. The highest BCUT2D eigenvalue weighted by atomic mass is 16.5. The first-order valence-corrected chi connectivity index (χ1v) is 9.63. The van der Waals surface area contributed by atoms with Crippen molar-refractivity contribution in [2.24, 2.45) is 0 Å². The molecule has 0 aliphatic carbocycles. The fourth-order valence-corrected chi connectivity index (χ4v) is 3.25. The molecular weight excluding hydrogens is 368 g/mol. The molecule has 6 nitrogen and oxygen atoms in total. The van der Waals surface area contributed by atoms with Gasteiger partial charge in [0.15, 0.2) is 11.5 Å². The van der Waals surface area contributed by atoms with Gasteiger partial charge in [-0.2, -0.15) is 0 Å². The predicted octanol–water partition coefficient (Wildman–Crippen LogP) is 3.80. The monoisotopic (exact) mass is 398 g/mol. The lowest BCUT2D eigenvalue weighted by molar-refractivity contribution is -0.123. The molecule has 0 saturated heterocycles. The number of ether oxygens (including phenoxy) is 2. The number of carbonyl (C=O) groups excluding carboxylic acids is 2. The quantitative estimate of drug-likeness (QED) is 0.734. The van der Waals surface area contributed by atoms with Crippen molar-refractivity contribution >= 4 is 17.5 Å². The Hall–Kier alpha value is -3.02. The summed E-state index contributed by atoms with van der Waals surface area (Å²) in [6, 6.07) is 11.4. The molecule has 0 atom stereocenters. The first-order valence-electron chi connectivity index (χ1n) is 9.63. The molecule has 6 heteroatoms. The van der Waals surface area contributed by atoms with Crippen LogP contribution in [0.2, 0.25) is 0 Å². The Morgan fingerprint density at radius 2 is 1.76 bits per heavy atom. The Labute approximate surface area is 172 Å². The van der Waals surface area contributed by atoms with E-state index in [4.69, 9.17) is 9.47 Å². The maximum atomic E-state index is 12.6. The van der Waals surface area contributed by atoms with Gasteiger partial charge in [0.1, 0.15) is 6.54 Å². The van der Waals surface area contributed by atoms with Crippen LogP contribution in [0.4, 0.5) is 5.69 Å². The van der Waals surface area contributed by atoms with Crippen molar-refractivity contribution in [3.63, 3.8) is 0 Å². The molecule has 0 unspecified atom stereocenters. The summed E-state index contributed by atoms with van der Waals surface area (Å²) in [5.41, 5.74) is 3.72. The summed E-state index contributed by atoms with van der Waals surface area (Å²) in [5.74, 6) is 1.08. The molecule has 0 fully saturated rings. The summed E-state index contributed by atoms with van der Waals surface area (Å²) in [4.78, 5) is 26.5. The number of amides is 2. The second kappa shape index (κ2) is 9.96. The minimum atomic E-state index is -0.229. The highest BCUT2D eigenvalue weighted by Crippen LogP contribution is 2.31. The first-order chi connectivity index (χ1) is 13.8. The molecule has 2 aromatic rings. The van der Waals surface area contributed by atoms with E-state index in [2.05, 4.69) is 19.2 Å². The van der Waals surface area contributed by atoms with Crippen LogP contribution in [0.1, 0.15) is 43.4 Å². The van der Waals surface area contributed by atoms with Crippen LogP contribution in [0.15, 0.2) is 36.4 Å². The van der Waals surface area contributed by atoms with E-state index in [-0.39, 0.29) is 24.3 Å². The predicted molar refractivity (Wildman–Crippen MR) is 115 cm³/mol. The Morgan fingerprint density at radius 3 is 2.34 bits per heavy atom. The zero-order chi connectivity index (χ0) is 21.6. The Morgan fingerprint density at radius 1 is 1.07 bits per heavy atom. The van der Waals surface area contributed by atoms with Gasteiger partial charge in [-0.1, -0.05) is 38.1 Å². The minimum absolute atomic E-state index is 0.0345. The standard InChI is InChI=1S/C23H30N2O4/c1-15(2)19-9-7-8-16(3)23(19)25(17(4)26)14-22(27)24-13-18-10-11-20(28-5)21(12-18)29-6/h7-12,15H,13-14H2,1-6H3,(H,24,27). The number of aryl methyl sites for hydroxylation is 1. The van der Waals surface area contributed by atoms with Crippen LogP contribution in [0.25, 0.3) is 0 Å². The van der Waals surface area contributed by atoms with Crippen LogP contribution in [-0.4, -0.2) is 32.6 Å². The molecule has 0 spiro atoms. The molecular formula is C23H30N2O4. The number of benzene rings is 2. The largest absolute Gasteiger partial charge is 0.493 e. The number of hydrogen-bond donors (Lipinski definition) is 1. The Bertz CT molecular complexity index is 877. The third-order valence-electron chi connectivity index (χ3n) is 4.78. The molecule has 0 heterocycles. The van der Waals surface area contributed by atoms with Crippen LogP contribution in [0, 0.1) is 6.92 Å². The zero-order valence-corrected chi connectivity index (χ0v) is 18.0. The molecule has 29 heavy (non-hydrogen) atoms. The summed E-state index contributed by atoms with van der Waals surface area (Å²) in [7, 11) is 3.14. The SMILES string of the molecule is COc1ccc(CNC(=O)CN(C(C)=O)c2c(C)cccc2C(C)C)cc1OC. The molecule has 0 saturated carbocycles. The molecule has 0 aliphatic heterocycles. The molecule has 2 amide bonds. The number of carbonyl (C=O) groups is 2. The highest BCUT2D eigenvalue weighted by Gasteiger charge is 2.21. The molecule has 0 bridgehead atoms. The fraction of sp³-hybridized carbons (Fsp3) is 0.391. The summed E-state index contributed by atoms with van der Waals surface area (Å²) >= 11 is 0. The number of rotatable bonds is 8. The number of nitrogens with zero attached hydrogens (tertiary/aromatic N) is 1. The van der Waals surface area contributed by atoms with Gasteiger partial charge >= 0.3 is 0 Å². The second-order valence-electron chi connectivity index (χ2n) is 7.24. The summed E-state index contributed by atoms with van der Waals surface area (Å²) in [6.45, 7) is 7.89. The van der Waals surface area contributed by atoms with Gasteiger partial charge in [-0.15, -0.1) is 0 Å². The topological polar surface area (TPSA) is 67.9 Å². The molecule has 2 aromatic carbocycles. The third-order valence-corrected chi connectivity index (χ3v) is 4.78. The lowest BCUT2D eigenvalue weighted by atomic mass is 9.97. The summed E-state index contributed by atoms with van der Waals surface area (Å²) in [5, 5.41) is 2.88. The molecule has 0 radical (unpaired) electrons. The maximum Gasteiger partial charge on any atom is 0.240 e. The number of anilines is 1. The van der Waals surface area contributed by atoms with Gasteiger partial charge in [-0.05, 0) is 41.7 Å². The van der Waals surface area contributed by atoms with E-state index in [1.807, 2.05) is 37.3 Å². The van der Waals surface area contributed by atoms with Crippen LogP contribution < -0.4 is 19.7 Å². The lowest BCUT2D eigenvalue weighted by Crippen LogP contribution is -2.40. The number of hydrogen-bond acceptors (Lipinski definition) is 4. The van der Waals surface area contributed by atoms with Crippen molar-refractivity contribution in [2.75, 3.05) is 25.7 Å². The smallest absolute Gasteiger partial charge is 0.240 e. The van der Waals surface area contributed by atoms with Gasteiger partial charge in [0.25, 0.3) is 0 Å². The van der Waals surface area contributed by atoms with Crippen molar-refractivity contribution in [1.29, 1.82) is 0 Å². The molecule has 2 rings (SSSR count). The van der Waals surface area contributed by atoms with Gasteiger partial charge in [0.05, 0.1) is 19.9 Å². The van der Waals surface area contributed by atoms with E-state index in [0.717, 1.165) is 22.4 Å². The van der Waals surface area contributed by atoms with Crippen molar-refractivity contribution < 1.29 is 19.1 Å². The van der Waals surface area contributed by atoms with Gasteiger partial charge in [0, 0.05) is 13.5 Å². The average molecular weight is 399 g/mol. The average Bonchev–Trinajstić information content (AvgIpc) is 2.70. The van der Waals surface area contributed by atoms with E-state index in [1.165, 1.54) is 6.92 Å². The van der Waals surface area contributed by atoms with Crippen LogP contribution >= 0.6 is 0 Å². The van der Waals surface area contributed by atoms with Crippen molar-refractivity contribution in [3.8, 4) is 11.5 Å². The third kappa shape index (κ3) is 5.50. The van der Waals surface area contributed by atoms with Gasteiger partial charge < -0.3 is 19.7 Å². The van der Waals surface area contributed by atoms with Crippen molar-refractivity contribution in [3.05, 3.63) is 53.1 Å². The van der Waals surface area contributed by atoms with Gasteiger partial charge in [0.2, 0.25) is 11.8 Å². The van der Waals surface area contributed by atoms with Gasteiger partial charge in [-0.3, -0.25) is 9.59 Å². The maximum absolute atomic E-state index is 12.6. The van der Waals surface area contributed by atoms with E-state index >= 15 is 0 Å². The van der Waals surface area contributed by atoms with E-state index in [0.29, 0.717) is 18.0 Å². The second-order valence-corrected chi connectivity index (χ2v) is 7.24. The highest BCUT2D eigenvalue weighted by molar-refractivity contribution is 5.98. The zero-order valence-electron chi connectivity index (χ0n) is 18.0. The summed E-state index contributed by atoms with van der Waals surface area (Å²) < 4.78 is 10.5. The first kappa shape index (κ1) is 22.3. The number of nitrogens with one attached hydrogen (secondary N) is 1. The van der Waals surface area contributed by atoms with E-state index in [1.54, 1.807) is 25.2 Å². The normalized spacial score (nSPS) is 10.6. The van der Waals surface area contributed by atoms with Crippen LogP contribution in [0.5, 0.6) is 11.5 Å². The fourth-order valence-electron chi connectivity index (χ4n) is 3.25. The van der Waals surface area contributed by atoms with E-state index < -0.39 is 0 Å². The molecule has 1 N–H and O–H groups in total. The molecule has 0 aromatic heterocycles. The van der Waals surface area contributed by atoms with E-state index in [9.17, 15) is 9.59 Å². The molecule has 156 valence electrons. The number of para-hydroxylation sites is 1. The number of methoxy groups -OCH3 is 2.